The van der Waals surface area contributed by atoms with Gasteiger partial charge in [-0.15, -0.1) is 5.10 Å². The van der Waals surface area contributed by atoms with E-state index in [1.807, 2.05) is 17.0 Å². The number of aromatic nitrogens is 4. The molecular weight excluding hydrogens is 460 g/mol. The highest BCUT2D eigenvalue weighted by molar-refractivity contribution is 9.10. The molecule has 154 valence electrons. The normalized spacial score (nSPS) is 13.8. The van der Waals surface area contributed by atoms with Crippen molar-refractivity contribution in [3.05, 3.63) is 70.0 Å². The average Bonchev–Trinajstić information content (AvgIpc) is 3.48. The molecule has 0 fully saturated rings. The van der Waals surface area contributed by atoms with Crippen molar-refractivity contribution >= 4 is 44.2 Å². The van der Waals surface area contributed by atoms with Gasteiger partial charge in [-0.2, -0.15) is 4.52 Å². The van der Waals surface area contributed by atoms with Crippen molar-refractivity contribution in [2.75, 3.05) is 12.3 Å². The predicted octanol–water partition coefficient (Wildman–Crippen LogP) is 4.01. The molecule has 0 radical (unpaired) electrons. The minimum atomic E-state index is -0.0798. The van der Waals surface area contributed by atoms with Gasteiger partial charge in [-0.3, -0.25) is 4.79 Å². The van der Waals surface area contributed by atoms with Crippen LogP contribution >= 0.6 is 15.9 Å². The van der Waals surface area contributed by atoms with Crippen LogP contribution in [0.4, 0.5) is 5.82 Å². The first-order valence-corrected chi connectivity index (χ1v) is 10.7. The third kappa shape index (κ3) is 2.92. The van der Waals surface area contributed by atoms with E-state index in [0.717, 1.165) is 17.6 Å². The van der Waals surface area contributed by atoms with Gasteiger partial charge in [0.2, 0.25) is 5.82 Å². The monoisotopic (exact) mass is 476 g/mol. The molecule has 1 aliphatic heterocycles. The molecule has 0 saturated carbocycles. The van der Waals surface area contributed by atoms with E-state index in [-0.39, 0.29) is 5.91 Å². The Morgan fingerprint density at radius 1 is 1.19 bits per heavy atom. The van der Waals surface area contributed by atoms with Gasteiger partial charge in [0.25, 0.3) is 5.91 Å². The van der Waals surface area contributed by atoms with Crippen LogP contribution < -0.4 is 5.73 Å². The number of amides is 1. The number of nitrogen functional groups attached to an aromatic ring is 1. The Kier molecular flexibility index (Phi) is 3.94. The Balaban J connectivity index is 1.33. The maximum absolute atomic E-state index is 13.3. The fraction of sp³-hybridized carbons (Fsp3) is 0.136. The molecule has 1 amide bonds. The van der Waals surface area contributed by atoms with Gasteiger partial charge in [-0.1, -0.05) is 18.2 Å². The number of pyridine rings is 1. The quantitative estimate of drug-likeness (QED) is 0.400. The number of para-hydroxylation sites is 1. The summed E-state index contributed by atoms with van der Waals surface area (Å²) in [6.45, 7) is 1.18. The van der Waals surface area contributed by atoms with E-state index in [1.165, 1.54) is 15.5 Å². The highest BCUT2D eigenvalue weighted by atomic mass is 79.9. The number of rotatable bonds is 2. The van der Waals surface area contributed by atoms with Gasteiger partial charge < -0.3 is 20.0 Å². The Morgan fingerprint density at radius 3 is 2.90 bits per heavy atom. The molecule has 0 saturated heterocycles. The van der Waals surface area contributed by atoms with Gasteiger partial charge in [0, 0.05) is 28.7 Å². The van der Waals surface area contributed by atoms with E-state index in [1.54, 1.807) is 24.3 Å². The number of nitrogens with zero attached hydrogens (tertiary/aromatic N) is 4. The fourth-order valence-corrected chi connectivity index (χ4v) is 4.53. The zero-order valence-electron chi connectivity index (χ0n) is 16.3. The Bertz CT molecular complexity index is 1480. The number of benzene rings is 1. The number of hydrogen-bond donors (Lipinski definition) is 2. The van der Waals surface area contributed by atoms with Crippen molar-refractivity contribution < 1.29 is 9.21 Å². The third-order valence-corrected chi connectivity index (χ3v) is 6.10. The van der Waals surface area contributed by atoms with Gasteiger partial charge in [0.15, 0.2) is 16.1 Å². The van der Waals surface area contributed by atoms with Crippen LogP contribution in [0.5, 0.6) is 0 Å². The minimum absolute atomic E-state index is 0.0798. The summed E-state index contributed by atoms with van der Waals surface area (Å²) < 4.78 is 7.63. The standard InChI is InChI=1S/C22H17BrN6O2/c23-18-6-5-17(31-18)21-26-20-10-12(9-19(24)29(20)27-21)22(30)28-8-7-14-13-3-1-2-4-15(13)25-16(14)11-28/h1-6,9-10,25H,7-8,11,24H2. The van der Waals surface area contributed by atoms with Gasteiger partial charge in [-0.25, -0.2) is 4.98 Å². The number of aromatic amines is 1. The molecule has 1 aromatic carbocycles. The topological polar surface area (TPSA) is 105 Å². The Hall–Kier alpha value is -3.59. The maximum Gasteiger partial charge on any atom is 0.254 e. The van der Waals surface area contributed by atoms with E-state index in [4.69, 9.17) is 10.2 Å². The molecule has 8 nitrogen and oxygen atoms in total. The first kappa shape index (κ1) is 18.2. The minimum Gasteiger partial charge on any atom is -0.446 e. The van der Waals surface area contributed by atoms with Crippen molar-refractivity contribution in [1.29, 1.82) is 0 Å². The lowest BCUT2D eigenvalue weighted by molar-refractivity contribution is 0.0733. The summed E-state index contributed by atoms with van der Waals surface area (Å²) in [6, 6.07) is 15.1. The third-order valence-electron chi connectivity index (χ3n) is 5.68. The van der Waals surface area contributed by atoms with E-state index in [2.05, 4.69) is 43.1 Å². The van der Waals surface area contributed by atoms with Crippen LogP contribution in [0.1, 0.15) is 21.6 Å². The van der Waals surface area contributed by atoms with Crippen LogP contribution in [0.25, 0.3) is 28.1 Å². The summed E-state index contributed by atoms with van der Waals surface area (Å²) in [4.78, 5) is 23.1. The molecule has 6 rings (SSSR count). The molecule has 1 aliphatic rings. The van der Waals surface area contributed by atoms with Gasteiger partial charge >= 0.3 is 0 Å². The van der Waals surface area contributed by atoms with Crippen molar-refractivity contribution in [2.45, 2.75) is 13.0 Å². The molecule has 0 unspecified atom stereocenters. The lowest BCUT2D eigenvalue weighted by atomic mass is 10.0. The van der Waals surface area contributed by atoms with Crippen molar-refractivity contribution in [3.8, 4) is 11.6 Å². The molecule has 3 N–H and O–H groups in total. The first-order chi connectivity index (χ1) is 15.1. The van der Waals surface area contributed by atoms with E-state index in [9.17, 15) is 4.79 Å². The van der Waals surface area contributed by atoms with E-state index >= 15 is 0 Å². The summed E-state index contributed by atoms with van der Waals surface area (Å²) in [6.07, 6.45) is 0.811. The van der Waals surface area contributed by atoms with Crippen LogP contribution in [0.2, 0.25) is 0 Å². The summed E-state index contributed by atoms with van der Waals surface area (Å²) in [7, 11) is 0. The van der Waals surface area contributed by atoms with Crippen LogP contribution in [0, 0.1) is 0 Å². The maximum atomic E-state index is 13.3. The number of fused-ring (bicyclic) bond motifs is 4. The highest BCUT2D eigenvalue weighted by Crippen LogP contribution is 2.29. The second-order valence-electron chi connectivity index (χ2n) is 7.58. The lowest BCUT2D eigenvalue weighted by Crippen LogP contribution is -2.36. The van der Waals surface area contributed by atoms with E-state index < -0.39 is 0 Å². The summed E-state index contributed by atoms with van der Waals surface area (Å²) in [5.74, 6) is 1.19. The Morgan fingerprint density at radius 2 is 2.06 bits per heavy atom. The number of nitrogens with two attached hydrogens (primary N) is 1. The second kappa shape index (κ2) is 6.71. The van der Waals surface area contributed by atoms with Gasteiger partial charge in [0.05, 0.1) is 6.54 Å². The zero-order valence-corrected chi connectivity index (χ0v) is 17.9. The van der Waals surface area contributed by atoms with Gasteiger partial charge in [0.1, 0.15) is 5.82 Å². The second-order valence-corrected chi connectivity index (χ2v) is 8.36. The molecule has 0 atom stereocenters. The smallest absolute Gasteiger partial charge is 0.254 e. The number of halogens is 1. The molecule has 5 heterocycles. The average molecular weight is 477 g/mol. The number of carbonyl (C=O) groups excluding carboxylic acids is 1. The van der Waals surface area contributed by atoms with Crippen molar-refractivity contribution in [1.82, 2.24) is 24.5 Å². The van der Waals surface area contributed by atoms with Crippen LogP contribution in [-0.4, -0.2) is 36.9 Å². The zero-order chi connectivity index (χ0) is 21.1. The largest absolute Gasteiger partial charge is 0.446 e. The molecule has 0 spiro atoms. The first-order valence-electron chi connectivity index (χ1n) is 9.86. The molecule has 4 aromatic heterocycles. The SMILES string of the molecule is Nc1cc(C(=O)N2CCc3c([nH]c4ccccc34)C2)cc2nc(-c3ccc(Br)o3)nn12. The highest BCUT2D eigenvalue weighted by Gasteiger charge is 2.25. The predicted molar refractivity (Wildman–Crippen MR) is 120 cm³/mol. The summed E-state index contributed by atoms with van der Waals surface area (Å²) in [5.41, 5.74) is 10.7. The Labute approximate surface area is 184 Å². The van der Waals surface area contributed by atoms with Crippen molar-refractivity contribution in [3.63, 3.8) is 0 Å². The van der Waals surface area contributed by atoms with Crippen LogP contribution in [0.3, 0.4) is 0 Å². The number of nitrogens with one attached hydrogen (secondary N) is 1. The number of anilines is 1. The summed E-state index contributed by atoms with van der Waals surface area (Å²) in [5, 5.41) is 5.63. The van der Waals surface area contributed by atoms with Crippen LogP contribution in [0.15, 0.2) is 57.6 Å². The van der Waals surface area contributed by atoms with Crippen molar-refractivity contribution in [2.24, 2.45) is 0 Å². The van der Waals surface area contributed by atoms with Gasteiger partial charge in [-0.05, 0) is 58.2 Å². The fourth-order valence-electron chi connectivity index (χ4n) is 4.22. The number of H-pyrrole nitrogens is 1. The summed E-state index contributed by atoms with van der Waals surface area (Å²) >= 11 is 3.28. The number of furan rings is 1. The molecule has 0 bridgehead atoms. The molecule has 31 heavy (non-hydrogen) atoms. The lowest BCUT2D eigenvalue weighted by Gasteiger charge is -2.27. The number of hydrogen-bond acceptors (Lipinski definition) is 5. The molecule has 9 heteroatoms. The van der Waals surface area contributed by atoms with Crippen LogP contribution in [-0.2, 0) is 13.0 Å². The molecule has 0 aliphatic carbocycles. The molecular formula is C22H17BrN6O2. The number of carbonyl (C=O) groups is 1. The molecule has 5 aromatic rings. The van der Waals surface area contributed by atoms with E-state index in [0.29, 0.717) is 46.4 Å².